The van der Waals surface area contributed by atoms with Crippen molar-refractivity contribution >= 4 is 35.1 Å². The van der Waals surface area contributed by atoms with E-state index in [9.17, 15) is 0 Å². The first-order valence-corrected chi connectivity index (χ1v) is 9.43. The maximum atomic E-state index is 5.60. The third-order valence-electron chi connectivity index (χ3n) is 4.80. The van der Waals surface area contributed by atoms with Crippen LogP contribution in [0.3, 0.4) is 0 Å². The number of hydrogen-bond donors (Lipinski definition) is 1. The number of aromatic nitrogens is 4. The Morgan fingerprint density at radius 2 is 2.05 bits per heavy atom. The fourth-order valence-corrected chi connectivity index (χ4v) is 4.79. The van der Waals surface area contributed by atoms with Crippen molar-refractivity contribution in [2.45, 2.75) is 56.7 Å². The number of hydrogen-bond acceptors (Lipinski definition) is 3. The molecule has 6 heteroatoms. The van der Waals surface area contributed by atoms with Crippen LogP contribution in [0.2, 0.25) is 0 Å². The molecule has 3 rings (SSSR count). The van der Waals surface area contributed by atoms with Gasteiger partial charge in [-0.25, -0.2) is 0 Å². The predicted molar refractivity (Wildman–Crippen MR) is 92.6 cm³/mol. The number of nitrogens with zero attached hydrogens (tertiary/aromatic N) is 3. The average Bonchev–Trinajstić information content (AvgIpc) is 2.98. The molecule has 0 atom stereocenters. The van der Waals surface area contributed by atoms with Crippen LogP contribution >= 0.6 is 24.0 Å². The van der Waals surface area contributed by atoms with Gasteiger partial charge in [-0.15, -0.1) is 0 Å². The Labute approximate surface area is 135 Å². The van der Waals surface area contributed by atoms with Crippen molar-refractivity contribution < 1.29 is 0 Å². The van der Waals surface area contributed by atoms with Crippen LogP contribution in [0.15, 0.2) is 0 Å². The topological polar surface area (TPSA) is 38.5 Å². The summed E-state index contributed by atoms with van der Waals surface area (Å²) < 4.78 is 5.43. The van der Waals surface area contributed by atoms with Crippen molar-refractivity contribution in [2.75, 3.05) is 6.26 Å². The first kappa shape index (κ1) is 15.2. The van der Waals surface area contributed by atoms with E-state index < -0.39 is 0 Å². The molecule has 0 aliphatic heterocycles. The average molecular weight is 325 g/mol. The highest BCUT2D eigenvalue weighted by Crippen LogP contribution is 2.40. The molecule has 1 N–H and O–H groups in total. The summed E-state index contributed by atoms with van der Waals surface area (Å²) in [4.78, 5) is 3.38. The van der Waals surface area contributed by atoms with E-state index >= 15 is 0 Å². The molecule has 0 aromatic carbocycles. The Kier molecular flexibility index (Phi) is 4.19. The number of aryl methyl sites for hydroxylation is 2. The second-order valence-corrected chi connectivity index (χ2v) is 7.75. The molecule has 0 radical (unpaired) electrons. The summed E-state index contributed by atoms with van der Waals surface area (Å²) in [7, 11) is 2.02. The Hall–Kier alpha value is -0.750. The molecule has 0 spiro atoms. The van der Waals surface area contributed by atoms with E-state index in [1.807, 2.05) is 23.5 Å². The number of imidazole rings is 1. The molecule has 2 heterocycles. The van der Waals surface area contributed by atoms with Gasteiger partial charge in [-0.3, -0.25) is 4.68 Å². The first-order chi connectivity index (χ1) is 10.1. The Balaban J connectivity index is 2.05. The van der Waals surface area contributed by atoms with Gasteiger partial charge < -0.3 is 9.55 Å². The minimum Gasteiger partial charge on any atom is -0.328 e. The summed E-state index contributed by atoms with van der Waals surface area (Å²) in [5, 5.41) is 4.62. The fourth-order valence-electron chi connectivity index (χ4n) is 3.58. The van der Waals surface area contributed by atoms with Gasteiger partial charge in [0.2, 0.25) is 0 Å². The van der Waals surface area contributed by atoms with Crippen molar-refractivity contribution in [3.8, 4) is 0 Å². The predicted octanol–water partition coefficient (Wildman–Crippen LogP) is 4.06. The van der Waals surface area contributed by atoms with Gasteiger partial charge in [-0.2, -0.15) is 16.9 Å². The zero-order chi connectivity index (χ0) is 15.0. The minimum atomic E-state index is 0.336. The lowest BCUT2D eigenvalue weighted by Crippen LogP contribution is -2.33. The van der Waals surface area contributed by atoms with Gasteiger partial charge in [-0.05, 0) is 37.7 Å². The number of fused-ring (bicyclic) bond motifs is 1. The first-order valence-electron chi connectivity index (χ1n) is 7.80. The van der Waals surface area contributed by atoms with Crippen molar-refractivity contribution in [3.05, 3.63) is 10.5 Å². The maximum absolute atomic E-state index is 5.60. The molecular weight excluding hydrogens is 300 g/mol. The Morgan fingerprint density at radius 3 is 2.67 bits per heavy atom. The van der Waals surface area contributed by atoms with Crippen LogP contribution in [-0.2, 0) is 20.0 Å². The lowest BCUT2D eigenvalue weighted by molar-refractivity contribution is 0.358. The third kappa shape index (κ3) is 2.57. The molecule has 1 aliphatic rings. The number of rotatable bonds is 4. The van der Waals surface area contributed by atoms with E-state index in [1.54, 1.807) is 0 Å². The van der Waals surface area contributed by atoms with Crippen LogP contribution in [0.1, 0.15) is 44.7 Å². The number of aromatic amines is 1. The standard InChI is InChI=1S/C15H24N4S2/c1-4-11-12-13(18(2)17-11)19(14(20)16-12)10-15(21-3)8-6-5-7-9-15/h4-10H2,1-3H3,(H,16,20). The molecule has 0 unspecified atom stereocenters. The Bertz CT molecular complexity index is 688. The van der Waals surface area contributed by atoms with E-state index in [-0.39, 0.29) is 0 Å². The molecule has 21 heavy (non-hydrogen) atoms. The molecule has 116 valence electrons. The van der Waals surface area contributed by atoms with Crippen LogP contribution in [0.5, 0.6) is 0 Å². The van der Waals surface area contributed by atoms with Crippen molar-refractivity contribution in [2.24, 2.45) is 7.05 Å². The van der Waals surface area contributed by atoms with E-state index in [1.165, 1.54) is 32.1 Å². The molecule has 0 bridgehead atoms. The molecule has 1 aliphatic carbocycles. The summed E-state index contributed by atoms with van der Waals surface area (Å²) in [5.74, 6) is 0. The fraction of sp³-hybridized carbons (Fsp3) is 0.733. The molecule has 4 nitrogen and oxygen atoms in total. The van der Waals surface area contributed by atoms with Crippen LogP contribution in [-0.4, -0.2) is 30.3 Å². The van der Waals surface area contributed by atoms with Crippen LogP contribution in [0, 0.1) is 4.77 Å². The quantitative estimate of drug-likeness (QED) is 0.862. The van der Waals surface area contributed by atoms with Crippen LogP contribution in [0.25, 0.3) is 11.2 Å². The third-order valence-corrected chi connectivity index (χ3v) is 6.53. The van der Waals surface area contributed by atoms with E-state index in [4.69, 9.17) is 12.2 Å². The highest BCUT2D eigenvalue weighted by molar-refractivity contribution is 8.00. The van der Waals surface area contributed by atoms with Gasteiger partial charge in [0.15, 0.2) is 10.4 Å². The number of nitrogens with one attached hydrogen (secondary N) is 1. The molecule has 0 saturated heterocycles. The maximum Gasteiger partial charge on any atom is 0.179 e. The van der Waals surface area contributed by atoms with Gasteiger partial charge in [0, 0.05) is 18.3 Å². The molecule has 2 aromatic rings. The molecule has 0 amide bonds. The summed E-state index contributed by atoms with van der Waals surface area (Å²) in [5.41, 5.74) is 3.38. The van der Waals surface area contributed by atoms with Crippen molar-refractivity contribution in [1.29, 1.82) is 0 Å². The van der Waals surface area contributed by atoms with E-state index in [0.29, 0.717) is 4.75 Å². The van der Waals surface area contributed by atoms with Crippen molar-refractivity contribution in [1.82, 2.24) is 19.3 Å². The minimum absolute atomic E-state index is 0.336. The molecular formula is C15H24N4S2. The van der Waals surface area contributed by atoms with Crippen LogP contribution in [0.4, 0.5) is 0 Å². The lowest BCUT2D eigenvalue weighted by atomic mass is 9.88. The molecule has 1 fully saturated rings. The molecule has 2 aromatic heterocycles. The van der Waals surface area contributed by atoms with E-state index in [0.717, 1.165) is 34.6 Å². The van der Waals surface area contributed by atoms with Crippen LogP contribution < -0.4 is 0 Å². The zero-order valence-corrected chi connectivity index (χ0v) is 14.7. The summed E-state index contributed by atoms with van der Waals surface area (Å²) >= 11 is 7.61. The van der Waals surface area contributed by atoms with Gasteiger partial charge in [-0.1, -0.05) is 26.2 Å². The van der Waals surface area contributed by atoms with Gasteiger partial charge in [0.25, 0.3) is 0 Å². The van der Waals surface area contributed by atoms with Crippen molar-refractivity contribution in [3.63, 3.8) is 0 Å². The van der Waals surface area contributed by atoms with Gasteiger partial charge >= 0.3 is 0 Å². The van der Waals surface area contributed by atoms with Gasteiger partial charge in [0.05, 0.1) is 5.69 Å². The number of H-pyrrole nitrogens is 1. The van der Waals surface area contributed by atoms with E-state index in [2.05, 4.69) is 27.8 Å². The number of thioether (sulfide) groups is 1. The monoisotopic (exact) mass is 324 g/mol. The molecule has 1 saturated carbocycles. The summed E-state index contributed by atoms with van der Waals surface area (Å²) in [6, 6.07) is 0. The highest BCUT2D eigenvalue weighted by Gasteiger charge is 2.32. The highest BCUT2D eigenvalue weighted by atomic mass is 32.2. The smallest absolute Gasteiger partial charge is 0.179 e. The second-order valence-electron chi connectivity index (χ2n) is 6.09. The summed E-state index contributed by atoms with van der Waals surface area (Å²) in [6.07, 6.45) is 9.82. The largest absolute Gasteiger partial charge is 0.328 e. The van der Waals surface area contributed by atoms with Gasteiger partial charge in [0.1, 0.15) is 5.52 Å². The Morgan fingerprint density at radius 1 is 1.33 bits per heavy atom. The lowest BCUT2D eigenvalue weighted by Gasteiger charge is -2.36. The summed E-state index contributed by atoms with van der Waals surface area (Å²) in [6.45, 7) is 3.14. The second kappa shape index (κ2) is 5.80. The SMILES string of the molecule is CCc1nn(C)c2c1[nH]c(=S)n2CC1(SC)CCCCC1. The zero-order valence-electron chi connectivity index (χ0n) is 13.1. The normalized spacial score (nSPS) is 18.4.